The van der Waals surface area contributed by atoms with Crippen molar-refractivity contribution in [2.75, 3.05) is 38.1 Å². The molecule has 0 aromatic carbocycles. The Morgan fingerprint density at radius 1 is 0.900 bits per heavy atom. The quantitative estimate of drug-likeness (QED) is 0.497. The molecule has 9 heteroatoms. The number of fused-ring (bicyclic) bond motifs is 3. The van der Waals surface area contributed by atoms with E-state index in [1.807, 2.05) is 31.3 Å². The highest BCUT2D eigenvalue weighted by atomic mass is 16.1. The van der Waals surface area contributed by atoms with Gasteiger partial charge in [-0.05, 0) is 50.1 Å². The molecular formula is C21H22N8O. The average molecular weight is 402 g/mol. The molecule has 2 unspecified atom stereocenters. The molecule has 2 fully saturated rings. The lowest BCUT2D eigenvalue weighted by Gasteiger charge is -2.21. The molecule has 2 aliphatic rings. The fourth-order valence-corrected chi connectivity index (χ4v) is 4.87. The summed E-state index contributed by atoms with van der Waals surface area (Å²) >= 11 is 0. The van der Waals surface area contributed by atoms with E-state index in [2.05, 4.69) is 43.1 Å². The van der Waals surface area contributed by atoms with Crippen LogP contribution >= 0.6 is 0 Å². The molecule has 2 saturated heterocycles. The Hall–Kier alpha value is -3.33. The lowest BCUT2D eigenvalue weighted by atomic mass is 10.0. The SMILES string of the molecule is Cc1nc2ccc(-c3cc(=O)n4cc(N5CC6CN(C)CC6C5)ccc4n3)nn2n1. The molecule has 2 aliphatic heterocycles. The summed E-state index contributed by atoms with van der Waals surface area (Å²) in [6.45, 7) is 6.22. The number of aryl methyl sites for hydroxylation is 1. The van der Waals surface area contributed by atoms with E-state index in [1.54, 1.807) is 4.40 Å². The zero-order chi connectivity index (χ0) is 20.4. The van der Waals surface area contributed by atoms with Crippen LogP contribution in [0.15, 0.2) is 41.3 Å². The van der Waals surface area contributed by atoms with Crippen LogP contribution in [0, 0.1) is 18.8 Å². The van der Waals surface area contributed by atoms with E-state index in [1.165, 1.54) is 10.7 Å². The van der Waals surface area contributed by atoms with Gasteiger partial charge in [-0.1, -0.05) is 0 Å². The summed E-state index contributed by atoms with van der Waals surface area (Å²) in [5, 5.41) is 8.70. The van der Waals surface area contributed by atoms with Crippen molar-refractivity contribution < 1.29 is 0 Å². The van der Waals surface area contributed by atoms with Crippen molar-refractivity contribution in [3.63, 3.8) is 0 Å². The number of likely N-dealkylation sites (tertiary alicyclic amines) is 1. The van der Waals surface area contributed by atoms with Gasteiger partial charge in [-0.15, -0.1) is 14.8 Å². The summed E-state index contributed by atoms with van der Waals surface area (Å²) in [7, 11) is 2.19. The maximum absolute atomic E-state index is 12.9. The summed E-state index contributed by atoms with van der Waals surface area (Å²) in [5.41, 5.74) is 3.35. The third-order valence-corrected chi connectivity index (χ3v) is 6.25. The lowest BCUT2D eigenvalue weighted by molar-refractivity contribution is 0.387. The van der Waals surface area contributed by atoms with Gasteiger partial charge < -0.3 is 9.80 Å². The first kappa shape index (κ1) is 17.5. The molecule has 0 aliphatic carbocycles. The Balaban J connectivity index is 1.35. The second-order valence-electron chi connectivity index (χ2n) is 8.47. The van der Waals surface area contributed by atoms with E-state index < -0.39 is 0 Å². The van der Waals surface area contributed by atoms with Gasteiger partial charge in [-0.2, -0.15) is 0 Å². The van der Waals surface area contributed by atoms with Crippen molar-refractivity contribution in [3.8, 4) is 11.4 Å². The van der Waals surface area contributed by atoms with E-state index in [4.69, 9.17) is 0 Å². The fraction of sp³-hybridized carbons (Fsp3) is 0.381. The highest BCUT2D eigenvalue weighted by molar-refractivity contribution is 5.60. The van der Waals surface area contributed by atoms with Crippen LogP contribution in [0.2, 0.25) is 0 Å². The van der Waals surface area contributed by atoms with E-state index in [-0.39, 0.29) is 5.56 Å². The predicted molar refractivity (Wildman–Crippen MR) is 113 cm³/mol. The molecule has 30 heavy (non-hydrogen) atoms. The van der Waals surface area contributed by atoms with Crippen LogP contribution in [0.3, 0.4) is 0 Å². The standard InChI is InChI=1S/C21H22N8O/c1-13-22-20-6-4-17(25-29(20)24-13)18-7-21(30)28-12-16(3-5-19(28)23-18)27-10-14-8-26(2)9-15(14)11-27/h3-7,12,14-15H,8-11H2,1-2H3. The Bertz CT molecular complexity index is 1330. The number of rotatable bonds is 2. The minimum Gasteiger partial charge on any atom is -0.370 e. The van der Waals surface area contributed by atoms with Crippen LogP contribution in [0.5, 0.6) is 0 Å². The van der Waals surface area contributed by atoms with Gasteiger partial charge in [-0.3, -0.25) is 9.20 Å². The number of pyridine rings is 1. The zero-order valence-electron chi connectivity index (χ0n) is 16.9. The third-order valence-electron chi connectivity index (χ3n) is 6.25. The van der Waals surface area contributed by atoms with Crippen molar-refractivity contribution in [3.05, 3.63) is 52.7 Å². The highest BCUT2D eigenvalue weighted by Crippen LogP contribution is 2.33. The molecule has 0 saturated carbocycles. The van der Waals surface area contributed by atoms with Gasteiger partial charge in [0.25, 0.3) is 5.56 Å². The summed E-state index contributed by atoms with van der Waals surface area (Å²) in [6.07, 6.45) is 1.91. The largest absolute Gasteiger partial charge is 0.370 e. The molecule has 0 amide bonds. The molecule has 152 valence electrons. The number of hydrogen-bond acceptors (Lipinski definition) is 7. The van der Waals surface area contributed by atoms with Gasteiger partial charge in [0.1, 0.15) is 17.2 Å². The minimum atomic E-state index is -0.118. The lowest BCUT2D eigenvalue weighted by Crippen LogP contribution is -2.27. The Morgan fingerprint density at radius 2 is 1.67 bits per heavy atom. The molecule has 0 spiro atoms. The summed E-state index contributed by atoms with van der Waals surface area (Å²) < 4.78 is 3.09. The van der Waals surface area contributed by atoms with E-state index >= 15 is 0 Å². The minimum absolute atomic E-state index is 0.118. The van der Waals surface area contributed by atoms with Gasteiger partial charge in [0.2, 0.25) is 0 Å². The Morgan fingerprint density at radius 3 is 2.47 bits per heavy atom. The van der Waals surface area contributed by atoms with Crippen molar-refractivity contribution in [2.45, 2.75) is 6.92 Å². The van der Waals surface area contributed by atoms with Gasteiger partial charge in [0.15, 0.2) is 5.65 Å². The molecule has 0 radical (unpaired) electrons. The third kappa shape index (κ3) is 2.77. The topological polar surface area (TPSA) is 83.9 Å². The maximum atomic E-state index is 12.9. The summed E-state index contributed by atoms with van der Waals surface area (Å²) in [5.74, 6) is 2.07. The highest BCUT2D eigenvalue weighted by Gasteiger charge is 2.38. The summed E-state index contributed by atoms with van der Waals surface area (Å²) in [4.78, 5) is 26.6. The first-order valence-corrected chi connectivity index (χ1v) is 10.2. The molecule has 0 N–H and O–H groups in total. The molecule has 0 bridgehead atoms. The van der Waals surface area contributed by atoms with Gasteiger partial charge in [0.05, 0.1) is 11.4 Å². The van der Waals surface area contributed by atoms with E-state index in [9.17, 15) is 4.79 Å². The van der Waals surface area contributed by atoms with Crippen LogP contribution in [-0.4, -0.2) is 67.3 Å². The van der Waals surface area contributed by atoms with Crippen molar-refractivity contribution in [2.24, 2.45) is 11.8 Å². The monoisotopic (exact) mass is 402 g/mol. The molecule has 9 nitrogen and oxygen atoms in total. The predicted octanol–water partition coefficient (Wildman–Crippen LogP) is 1.11. The second kappa shape index (κ2) is 6.33. The van der Waals surface area contributed by atoms with Crippen molar-refractivity contribution in [1.82, 2.24) is 34.1 Å². The van der Waals surface area contributed by atoms with Gasteiger partial charge in [0, 0.05) is 38.4 Å². The molecule has 6 heterocycles. The van der Waals surface area contributed by atoms with Crippen molar-refractivity contribution in [1.29, 1.82) is 0 Å². The van der Waals surface area contributed by atoms with E-state index in [0.29, 0.717) is 40.3 Å². The fourth-order valence-electron chi connectivity index (χ4n) is 4.87. The number of hydrogen-bond donors (Lipinski definition) is 0. The normalized spacial score (nSPS) is 21.7. The second-order valence-corrected chi connectivity index (χ2v) is 8.47. The van der Waals surface area contributed by atoms with Crippen LogP contribution in [-0.2, 0) is 0 Å². The number of nitrogens with zero attached hydrogens (tertiary/aromatic N) is 8. The van der Waals surface area contributed by atoms with Crippen LogP contribution in [0.25, 0.3) is 22.7 Å². The zero-order valence-corrected chi connectivity index (χ0v) is 16.9. The smallest absolute Gasteiger partial charge is 0.258 e. The number of aromatic nitrogens is 6. The Labute approximate surface area is 172 Å². The molecular weight excluding hydrogens is 380 g/mol. The molecule has 4 aromatic heterocycles. The Kier molecular flexibility index (Phi) is 3.70. The van der Waals surface area contributed by atoms with Gasteiger partial charge in [-0.25, -0.2) is 9.97 Å². The van der Waals surface area contributed by atoms with Crippen LogP contribution in [0.4, 0.5) is 5.69 Å². The molecule has 4 aromatic rings. The van der Waals surface area contributed by atoms with Crippen LogP contribution in [0.1, 0.15) is 5.82 Å². The molecule has 2 atom stereocenters. The first-order valence-electron chi connectivity index (χ1n) is 10.2. The van der Waals surface area contributed by atoms with Crippen LogP contribution < -0.4 is 10.5 Å². The average Bonchev–Trinajstić information content (AvgIpc) is 3.38. The van der Waals surface area contributed by atoms with E-state index in [0.717, 1.165) is 31.9 Å². The maximum Gasteiger partial charge on any atom is 0.258 e. The molecule has 6 rings (SSSR count). The van der Waals surface area contributed by atoms with Gasteiger partial charge >= 0.3 is 0 Å². The first-order chi connectivity index (χ1) is 14.5. The van der Waals surface area contributed by atoms with Crippen molar-refractivity contribution >= 4 is 17.0 Å². The summed E-state index contributed by atoms with van der Waals surface area (Å²) in [6, 6.07) is 9.15. The number of anilines is 1.